The molecule has 0 unspecified atom stereocenters. The van der Waals surface area contributed by atoms with Crippen molar-refractivity contribution in [1.82, 2.24) is 9.55 Å². The molecule has 0 aliphatic heterocycles. The number of nitrogens with zero attached hydrogens (tertiary/aromatic N) is 2. The summed E-state index contributed by atoms with van der Waals surface area (Å²) in [6.07, 6.45) is 1.78. The van der Waals surface area contributed by atoms with Crippen LogP contribution in [0.5, 0.6) is 11.5 Å². The topological polar surface area (TPSA) is 53.4 Å². The lowest BCUT2D eigenvalue weighted by Gasteiger charge is -2.11. The largest absolute Gasteiger partial charge is 0.497 e. The van der Waals surface area contributed by atoms with Crippen LogP contribution in [0, 0.1) is 6.92 Å². The van der Waals surface area contributed by atoms with Gasteiger partial charge in [0.15, 0.2) is 0 Å². The lowest BCUT2D eigenvalue weighted by molar-refractivity contribution is 0.394. The number of fused-ring (bicyclic) bond motifs is 1. The molecule has 132 valence electrons. The van der Waals surface area contributed by atoms with Gasteiger partial charge in [-0.25, -0.2) is 0 Å². The summed E-state index contributed by atoms with van der Waals surface area (Å²) in [5, 5.41) is 0.912. The molecule has 0 aliphatic rings. The number of aromatic nitrogens is 2. The minimum absolute atomic E-state index is 0.0709. The average Bonchev–Trinajstić information content (AvgIpc) is 2.66. The van der Waals surface area contributed by atoms with Crippen LogP contribution in [-0.2, 0) is 7.05 Å². The van der Waals surface area contributed by atoms with Gasteiger partial charge in [-0.05, 0) is 36.8 Å². The number of ether oxygens (including phenoxy) is 2. The van der Waals surface area contributed by atoms with Crippen molar-refractivity contribution >= 4 is 10.9 Å². The second-order valence-corrected chi connectivity index (χ2v) is 5.41. The molecule has 5 nitrogen and oxygen atoms in total. The summed E-state index contributed by atoms with van der Waals surface area (Å²) in [7, 11) is 4.94. The summed E-state index contributed by atoms with van der Waals surface area (Å²) >= 11 is 0. The van der Waals surface area contributed by atoms with Crippen LogP contribution in [0.25, 0.3) is 22.0 Å². The maximum Gasteiger partial charge on any atom is 0.258 e. The van der Waals surface area contributed by atoms with Crippen molar-refractivity contribution in [1.29, 1.82) is 0 Å². The van der Waals surface area contributed by atoms with E-state index in [0.717, 1.165) is 22.2 Å². The first kappa shape index (κ1) is 18.5. The Labute approximate surface area is 147 Å². The minimum atomic E-state index is -0.0709. The van der Waals surface area contributed by atoms with E-state index in [9.17, 15) is 4.79 Å². The fraction of sp³-hybridized carbons (Fsp3) is 0.300. The normalized spacial score (nSPS) is 10.2. The zero-order chi connectivity index (χ0) is 18.6. The van der Waals surface area contributed by atoms with Crippen LogP contribution in [0.2, 0.25) is 0 Å². The first-order chi connectivity index (χ1) is 12.0. The maximum atomic E-state index is 12.8. The van der Waals surface area contributed by atoms with Crippen LogP contribution in [0.4, 0.5) is 0 Å². The Morgan fingerprint density at radius 1 is 0.960 bits per heavy atom. The molecule has 0 N–H and O–H groups in total. The second-order valence-electron chi connectivity index (χ2n) is 5.41. The lowest BCUT2D eigenvalue weighted by Crippen LogP contribution is -2.19. The van der Waals surface area contributed by atoms with Gasteiger partial charge in [0.2, 0.25) is 0 Å². The molecule has 0 bridgehead atoms. The van der Waals surface area contributed by atoms with E-state index < -0.39 is 0 Å². The Kier molecular flexibility index (Phi) is 5.80. The fourth-order valence-corrected chi connectivity index (χ4v) is 2.63. The van der Waals surface area contributed by atoms with Gasteiger partial charge in [0, 0.05) is 36.0 Å². The standard InChI is InChI=1S/C18H18N2O3.C2H6/c1-11-5-17-13(10-19-11)8-16(18(21)20(17)2)12-6-14(22-3)9-15(7-12)23-4;1-2/h5-10H,1-4H3;1-2H3. The summed E-state index contributed by atoms with van der Waals surface area (Å²) in [5.41, 5.74) is 3.01. The maximum absolute atomic E-state index is 12.8. The molecule has 1 aromatic carbocycles. The summed E-state index contributed by atoms with van der Waals surface area (Å²) in [6, 6.07) is 9.20. The Morgan fingerprint density at radius 2 is 1.56 bits per heavy atom. The highest BCUT2D eigenvalue weighted by Crippen LogP contribution is 2.29. The number of pyridine rings is 2. The molecule has 0 spiro atoms. The van der Waals surface area contributed by atoms with Gasteiger partial charge in [0.1, 0.15) is 11.5 Å². The Bertz CT molecular complexity index is 923. The molecule has 2 aromatic heterocycles. The molecule has 0 saturated carbocycles. The van der Waals surface area contributed by atoms with Crippen molar-refractivity contribution in [3.63, 3.8) is 0 Å². The third-order valence-electron chi connectivity index (χ3n) is 3.91. The first-order valence-corrected chi connectivity index (χ1v) is 8.23. The van der Waals surface area contributed by atoms with Gasteiger partial charge < -0.3 is 14.0 Å². The first-order valence-electron chi connectivity index (χ1n) is 8.23. The average molecular weight is 340 g/mol. The molecule has 0 fully saturated rings. The van der Waals surface area contributed by atoms with Crippen LogP contribution in [0.15, 0.2) is 41.3 Å². The van der Waals surface area contributed by atoms with E-state index in [0.29, 0.717) is 17.1 Å². The molecule has 0 amide bonds. The van der Waals surface area contributed by atoms with Crippen molar-refractivity contribution in [2.75, 3.05) is 14.2 Å². The van der Waals surface area contributed by atoms with E-state index >= 15 is 0 Å². The Morgan fingerprint density at radius 3 is 2.12 bits per heavy atom. The van der Waals surface area contributed by atoms with Crippen molar-refractivity contribution in [2.45, 2.75) is 20.8 Å². The van der Waals surface area contributed by atoms with E-state index in [1.807, 2.05) is 45.0 Å². The van der Waals surface area contributed by atoms with E-state index in [-0.39, 0.29) is 5.56 Å². The van der Waals surface area contributed by atoms with Gasteiger partial charge >= 0.3 is 0 Å². The van der Waals surface area contributed by atoms with Crippen LogP contribution in [0.1, 0.15) is 19.5 Å². The summed E-state index contributed by atoms with van der Waals surface area (Å²) in [6.45, 7) is 5.91. The molecule has 3 rings (SSSR count). The fourth-order valence-electron chi connectivity index (χ4n) is 2.63. The molecule has 25 heavy (non-hydrogen) atoms. The van der Waals surface area contributed by atoms with E-state index in [4.69, 9.17) is 9.47 Å². The Balaban J connectivity index is 0.00000109. The number of hydrogen-bond acceptors (Lipinski definition) is 4. The lowest BCUT2D eigenvalue weighted by atomic mass is 10.0. The van der Waals surface area contributed by atoms with Gasteiger partial charge in [0.05, 0.1) is 19.7 Å². The molecular formula is C20H24N2O3. The van der Waals surface area contributed by atoms with Crippen molar-refractivity contribution in [3.05, 3.63) is 52.6 Å². The third kappa shape index (κ3) is 3.65. The van der Waals surface area contributed by atoms with Crippen molar-refractivity contribution in [3.8, 4) is 22.6 Å². The number of benzene rings is 1. The molecule has 5 heteroatoms. The summed E-state index contributed by atoms with van der Waals surface area (Å²) in [5.74, 6) is 1.28. The van der Waals surface area contributed by atoms with Crippen LogP contribution in [0.3, 0.4) is 0 Å². The molecule has 3 aromatic rings. The van der Waals surface area contributed by atoms with Crippen LogP contribution < -0.4 is 15.0 Å². The van der Waals surface area contributed by atoms with Crippen molar-refractivity contribution in [2.24, 2.45) is 7.05 Å². The summed E-state index contributed by atoms with van der Waals surface area (Å²) in [4.78, 5) is 17.1. The third-order valence-corrected chi connectivity index (χ3v) is 3.91. The van der Waals surface area contributed by atoms with Gasteiger partial charge in [-0.2, -0.15) is 0 Å². The molecule has 2 heterocycles. The number of aryl methyl sites for hydroxylation is 2. The van der Waals surface area contributed by atoms with Gasteiger partial charge in [0.25, 0.3) is 5.56 Å². The summed E-state index contributed by atoms with van der Waals surface area (Å²) < 4.78 is 12.2. The molecule has 0 saturated heterocycles. The zero-order valence-corrected chi connectivity index (χ0v) is 15.6. The van der Waals surface area contributed by atoms with Gasteiger partial charge in [-0.1, -0.05) is 13.8 Å². The van der Waals surface area contributed by atoms with Gasteiger partial charge in [-0.15, -0.1) is 0 Å². The molecule has 0 atom stereocenters. The second kappa shape index (κ2) is 7.83. The number of hydrogen-bond donors (Lipinski definition) is 0. The molecule has 0 aliphatic carbocycles. The number of methoxy groups -OCH3 is 2. The molecule has 0 radical (unpaired) electrons. The SMILES string of the molecule is CC.COc1cc(OC)cc(-c2cc3cnc(C)cc3n(C)c2=O)c1. The predicted molar refractivity (Wildman–Crippen MR) is 102 cm³/mol. The van der Waals surface area contributed by atoms with E-state index in [2.05, 4.69) is 4.98 Å². The minimum Gasteiger partial charge on any atom is -0.497 e. The van der Waals surface area contributed by atoms with E-state index in [1.54, 1.807) is 38.1 Å². The zero-order valence-electron chi connectivity index (χ0n) is 15.6. The Hall–Kier alpha value is -2.82. The predicted octanol–water partition coefficient (Wildman–Crippen LogP) is 3.95. The van der Waals surface area contributed by atoms with Crippen LogP contribution >= 0.6 is 0 Å². The quantitative estimate of drug-likeness (QED) is 0.724. The van der Waals surface area contributed by atoms with Crippen LogP contribution in [-0.4, -0.2) is 23.8 Å². The highest BCUT2D eigenvalue weighted by molar-refractivity contribution is 5.84. The highest BCUT2D eigenvalue weighted by Gasteiger charge is 2.12. The van der Waals surface area contributed by atoms with Gasteiger partial charge in [-0.3, -0.25) is 9.78 Å². The smallest absolute Gasteiger partial charge is 0.258 e. The number of rotatable bonds is 3. The van der Waals surface area contributed by atoms with E-state index in [1.165, 1.54) is 0 Å². The molecular weight excluding hydrogens is 316 g/mol. The highest BCUT2D eigenvalue weighted by atomic mass is 16.5. The van der Waals surface area contributed by atoms with Crippen molar-refractivity contribution < 1.29 is 9.47 Å². The monoisotopic (exact) mass is 340 g/mol.